The highest BCUT2D eigenvalue weighted by molar-refractivity contribution is 8.15. The van der Waals surface area contributed by atoms with Gasteiger partial charge in [-0.2, -0.15) is 0 Å². The minimum Gasteiger partial charge on any atom is -0.310 e. The number of para-hydroxylation sites is 1. The zero-order chi connectivity index (χ0) is 21.0. The van der Waals surface area contributed by atoms with Crippen molar-refractivity contribution >= 4 is 51.9 Å². The molecule has 2 aromatic carbocycles. The van der Waals surface area contributed by atoms with Gasteiger partial charge in [0.05, 0.1) is 21.6 Å². The summed E-state index contributed by atoms with van der Waals surface area (Å²) in [7, 11) is 0. The van der Waals surface area contributed by atoms with E-state index in [1.807, 2.05) is 28.8 Å². The van der Waals surface area contributed by atoms with Crippen LogP contribution in [0.5, 0.6) is 0 Å². The molecule has 0 N–H and O–H groups in total. The Morgan fingerprint density at radius 3 is 2.48 bits per heavy atom. The Bertz CT molecular complexity index is 1090. The van der Waals surface area contributed by atoms with E-state index in [9.17, 15) is 4.79 Å². The van der Waals surface area contributed by atoms with Gasteiger partial charge in [0, 0.05) is 10.7 Å². The highest BCUT2D eigenvalue weighted by Gasteiger charge is 2.53. The average molecular weight is 468 g/mol. The Morgan fingerprint density at radius 1 is 1.00 bits per heavy atom. The molecule has 1 amide bonds. The molecule has 3 heterocycles. The van der Waals surface area contributed by atoms with E-state index in [1.165, 1.54) is 29.9 Å². The van der Waals surface area contributed by atoms with Crippen molar-refractivity contribution in [1.82, 2.24) is 4.90 Å². The summed E-state index contributed by atoms with van der Waals surface area (Å²) in [5.41, 5.74) is 2.28. The van der Waals surface area contributed by atoms with Gasteiger partial charge in [-0.1, -0.05) is 84.7 Å². The van der Waals surface area contributed by atoms with Crippen molar-refractivity contribution in [3.63, 3.8) is 0 Å². The van der Waals surface area contributed by atoms with Crippen LogP contribution >= 0.6 is 35.1 Å². The Labute approximate surface area is 195 Å². The van der Waals surface area contributed by atoms with E-state index < -0.39 is 0 Å². The van der Waals surface area contributed by atoms with Crippen LogP contribution in [0.25, 0.3) is 0 Å². The van der Waals surface area contributed by atoms with Crippen molar-refractivity contribution in [3.8, 4) is 0 Å². The molecule has 158 valence electrons. The standard InChI is InChI=1S/C24H22ClN3OS2/c25-17-11-9-16(10-12-17)20-21-22(26-23-27(20)19(29)15-30-23)28(18-7-3-1-4-8-18)24(31-21)13-5-2-6-14-24/h1,3-4,7-12,20H,2,5-6,13-15H2. The van der Waals surface area contributed by atoms with Crippen molar-refractivity contribution < 1.29 is 4.79 Å². The van der Waals surface area contributed by atoms with Crippen LogP contribution in [-0.4, -0.2) is 26.6 Å². The second-order valence-corrected chi connectivity index (χ2v) is 11.2. The van der Waals surface area contributed by atoms with Gasteiger partial charge in [0.2, 0.25) is 5.91 Å². The van der Waals surface area contributed by atoms with E-state index in [2.05, 4.69) is 47.4 Å². The number of nitrogens with zero attached hydrogens (tertiary/aromatic N) is 3. The van der Waals surface area contributed by atoms with E-state index in [0.29, 0.717) is 10.8 Å². The Morgan fingerprint density at radius 2 is 1.74 bits per heavy atom. The average Bonchev–Trinajstić information content (AvgIpc) is 3.31. The number of hydrogen-bond acceptors (Lipinski definition) is 5. The lowest BCUT2D eigenvalue weighted by Crippen LogP contribution is -2.44. The van der Waals surface area contributed by atoms with Gasteiger partial charge in [-0.3, -0.25) is 9.69 Å². The number of amides is 1. The summed E-state index contributed by atoms with van der Waals surface area (Å²) in [6.07, 6.45) is 5.97. The molecule has 0 bridgehead atoms. The van der Waals surface area contributed by atoms with Crippen LogP contribution in [0, 0.1) is 0 Å². The van der Waals surface area contributed by atoms with E-state index in [4.69, 9.17) is 16.6 Å². The maximum atomic E-state index is 12.9. The van der Waals surface area contributed by atoms with Gasteiger partial charge in [0.1, 0.15) is 5.82 Å². The van der Waals surface area contributed by atoms with Crippen LogP contribution in [0.3, 0.4) is 0 Å². The van der Waals surface area contributed by atoms with Crippen molar-refractivity contribution in [2.24, 2.45) is 4.99 Å². The summed E-state index contributed by atoms with van der Waals surface area (Å²) < 4.78 is 0. The number of rotatable bonds is 2. The smallest absolute Gasteiger partial charge is 0.239 e. The van der Waals surface area contributed by atoms with E-state index in [0.717, 1.165) is 29.4 Å². The molecule has 2 fully saturated rings. The van der Waals surface area contributed by atoms with Crippen molar-refractivity contribution in [1.29, 1.82) is 0 Å². The molecule has 7 heteroatoms. The molecule has 2 aromatic rings. The van der Waals surface area contributed by atoms with Gasteiger partial charge in [-0.05, 0) is 42.7 Å². The third-order valence-electron chi connectivity index (χ3n) is 6.48. The lowest BCUT2D eigenvalue weighted by molar-refractivity contribution is -0.125. The SMILES string of the molecule is O=C1CSC2=NC3=C(SC4(CCCCC4)N3c3ccccc3)C(c3ccc(Cl)cc3)N12. The summed E-state index contributed by atoms with van der Waals surface area (Å²) in [6.45, 7) is 0. The fourth-order valence-electron chi connectivity index (χ4n) is 5.11. The number of benzene rings is 2. The van der Waals surface area contributed by atoms with Crippen molar-refractivity contribution in [2.45, 2.75) is 43.0 Å². The van der Waals surface area contributed by atoms with Crippen molar-refractivity contribution in [2.75, 3.05) is 10.7 Å². The third kappa shape index (κ3) is 3.14. The summed E-state index contributed by atoms with van der Waals surface area (Å²) in [6, 6.07) is 18.4. The lowest BCUT2D eigenvalue weighted by Gasteiger charge is -2.42. The molecule has 1 aliphatic carbocycles. The number of carbonyl (C=O) groups is 1. The molecule has 3 aliphatic heterocycles. The molecule has 6 rings (SSSR count). The first-order valence-electron chi connectivity index (χ1n) is 10.7. The molecule has 1 unspecified atom stereocenters. The predicted octanol–water partition coefficient (Wildman–Crippen LogP) is 6.41. The number of carbonyl (C=O) groups excluding carboxylic acids is 1. The normalized spacial score (nSPS) is 24.5. The number of anilines is 1. The van der Waals surface area contributed by atoms with Crippen LogP contribution in [0.2, 0.25) is 5.02 Å². The Balaban J connectivity index is 1.54. The summed E-state index contributed by atoms with van der Waals surface area (Å²) in [5, 5.41) is 1.52. The van der Waals surface area contributed by atoms with Crippen molar-refractivity contribution in [3.05, 3.63) is 75.9 Å². The highest BCUT2D eigenvalue weighted by Crippen LogP contribution is 2.61. The lowest BCUT2D eigenvalue weighted by atomic mass is 9.92. The van der Waals surface area contributed by atoms with E-state index in [-0.39, 0.29) is 16.8 Å². The first-order valence-corrected chi connectivity index (χ1v) is 12.9. The summed E-state index contributed by atoms with van der Waals surface area (Å²) in [4.78, 5) is 23.6. The highest BCUT2D eigenvalue weighted by atomic mass is 35.5. The van der Waals surface area contributed by atoms with Gasteiger partial charge >= 0.3 is 0 Å². The molecule has 1 spiro atoms. The third-order valence-corrected chi connectivity index (χ3v) is 9.27. The molecule has 1 saturated heterocycles. The van der Waals surface area contributed by atoms with Crippen LogP contribution < -0.4 is 4.90 Å². The monoisotopic (exact) mass is 467 g/mol. The minimum atomic E-state index is -0.139. The summed E-state index contributed by atoms with van der Waals surface area (Å²) >= 11 is 9.68. The molecule has 0 aromatic heterocycles. The summed E-state index contributed by atoms with van der Waals surface area (Å²) in [5.74, 6) is 1.60. The number of fused-ring (bicyclic) bond motifs is 1. The molecule has 0 radical (unpaired) electrons. The van der Waals surface area contributed by atoms with Gasteiger partial charge in [0.25, 0.3) is 0 Å². The Hall–Kier alpha value is -1.89. The second-order valence-electron chi connectivity index (χ2n) is 8.37. The number of thioether (sulfide) groups is 2. The van der Waals surface area contributed by atoms with Gasteiger partial charge in [0.15, 0.2) is 5.17 Å². The van der Waals surface area contributed by atoms with Crippen LogP contribution in [-0.2, 0) is 4.79 Å². The van der Waals surface area contributed by atoms with Crippen LogP contribution in [0.1, 0.15) is 43.7 Å². The fourth-order valence-corrected chi connectivity index (χ4v) is 7.89. The minimum absolute atomic E-state index is 0.0352. The van der Waals surface area contributed by atoms with Gasteiger partial charge < -0.3 is 4.90 Å². The topological polar surface area (TPSA) is 35.9 Å². The first-order chi connectivity index (χ1) is 15.2. The van der Waals surface area contributed by atoms with Gasteiger partial charge in [-0.15, -0.1) is 0 Å². The van der Waals surface area contributed by atoms with Crippen LogP contribution in [0.15, 0.2) is 70.3 Å². The number of amidine groups is 1. The number of aliphatic imine (C=N–C) groups is 1. The van der Waals surface area contributed by atoms with E-state index in [1.54, 1.807) is 11.8 Å². The molecule has 1 saturated carbocycles. The second kappa shape index (κ2) is 7.61. The predicted molar refractivity (Wildman–Crippen MR) is 130 cm³/mol. The molecule has 31 heavy (non-hydrogen) atoms. The number of halogens is 1. The maximum absolute atomic E-state index is 12.9. The maximum Gasteiger partial charge on any atom is 0.239 e. The van der Waals surface area contributed by atoms with E-state index >= 15 is 0 Å². The van der Waals surface area contributed by atoms with Crippen LogP contribution in [0.4, 0.5) is 5.69 Å². The molecule has 4 aliphatic rings. The number of hydrogen-bond donors (Lipinski definition) is 0. The van der Waals surface area contributed by atoms with Gasteiger partial charge in [-0.25, -0.2) is 4.99 Å². The fraction of sp³-hybridized carbons (Fsp3) is 0.333. The molecular weight excluding hydrogens is 446 g/mol. The molecule has 4 nitrogen and oxygen atoms in total. The first kappa shape index (κ1) is 19.8. The molecule has 1 atom stereocenters. The molecular formula is C24H22ClN3OS2. The quantitative estimate of drug-likeness (QED) is 0.511. The zero-order valence-corrected chi connectivity index (χ0v) is 19.3. The zero-order valence-electron chi connectivity index (χ0n) is 17.0. The Kier molecular flexibility index (Phi) is 4.85. The largest absolute Gasteiger partial charge is 0.310 e.